The van der Waals surface area contributed by atoms with E-state index in [0.29, 0.717) is 12.1 Å². The largest absolute Gasteiger partial charge is 0.416 e. The van der Waals surface area contributed by atoms with E-state index in [-0.39, 0.29) is 17.3 Å². The van der Waals surface area contributed by atoms with Gasteiger partial charge in [-0.1, -0.05) is 0 Å². The van der Waals surface area contributed by atoms with E-state index >= 15 is 0 Å². The first-order chi connectivity index (χ1) is 13.3. The normalized spacial score (nSPS) is 16.9. The quantitative estimate of drug-likeness (QED) is 0.495. The highest BCUT2D eigenvalue weighted by atomic mass is 19.4. The molecular formula is C18H12F8N2O. The second-order valence-electron chi connectivity index (χ2n) is 6.46. The number of nitrogens with zero attached hydrogens (tertiary/aromatic N) is 2. The zero-order valence-electron chi connectivity index (χ0n) is 14.4. The molecule has 0 spiro atoms. The van der Waals surface area contributed by atoms with Crippen molar-refractivity contribution in [1.82, 2.24) is 9.47 Å². The molecule has 2 heterocycles. The number of halogens is 8. The molecule has 1 aromatic carbocycles. The third kappa shape index (κ3) is 4.60. The van der Waals surface area contributed by atoms with Crippen molar-refractivity contribution >= 4 is 12.1 Å². The average molecular weight is 424 g/mol. The summed E-state index contributed by atoms with van der Waals surface area (Å²) in [6.07, 6.45) is -6.69. The lowest BCUT2D eigenvalue weighted by atomic mass is 10.0. The van der Waals surface area contributed by atoms with Gasteiger partial charge >= 0.3 is 12.4 Å². The Morgan fingerprint density at radius 2 is 1.52 bits per heavy atom. The van der Waals surface area contributed by atoms with Crippen molar-refractivity contribution in [1.29, 1.82) is 0 Å². The fourth-order valence-corrected chi connectivity index (χ4v) is 2.79. The van der Waals surface area contributed by atoms with E-state index in [4.69, 9.17) is 0 Å². The van der Waals surface area contributed by atoms with Crippen molar-refractivity contribution in [3.63, 3.8) is 0 Å². The van der Waals surface area contributed by atoms with Crippen LogP contribution in [0.1, 0.15) is 11.1 Å². The highest BCUT2D eigenvalue weighted by Crippen LogP contribution is 2.38. The van der Waals surface area contributed by atoms with Gasteiger partial charge in [0.1, 0.15) is 0 Å². The van der Waals surface area contributed by atoms with Crippen molar-refractivity contribution < 1.29 is 39.9 Å². The number of benzene rings is 1. The van der Waals surface area contributed by atoms with Crippen LogP contribution in [0.3, 0.4) is 0 Å². The summed E-state index contributed by atoms with van der Waals surface area (Å²) in [4.78, 5) is 12.7. The number of likely N-dealkylation sites (tertiary alicyclic amines) is 1. The van der Waals surface area contributed by atoms with Crippen LogP contribution in [0.5, 0.6) is 0 Å². The summed E-state index contributed by atoms with van der Waals surface area (Å²) in [5, 5.41) is 0. The Morgan fingerprint density at radius 3 is 2.00 bits per heavy atom. The van der Waals surface area contributed by atoms with Gasteiger partial charge in [0.05, 0.1) is 29.9 Å². The highest BCUT2D eigenvalue weighted by molar-refractivity contribution is 5.91. The summed E-state index contributed by atoms with van der Waals surface area (Å²) >= 11 is 0. The van der Waals surface area contributed by atoms with Crippen molar-refractivity contribution in [2.24, 2.45) is 0 Å². The van der Waals surface area contributed by atoms with Gasteiger partial charge in [0.2, 0.25) is 5.91 Å². The minimum Gasteiger partial charge on any atom is -0.327 e. The van der Waals surface area contributed by atoms with Gasteiger partial charge in [0, 0.05) is 18.5 Å². The van der Waals surface area contributed by atoms with Gasteiger partial charge in [0.15, 0.2) is 0 Å². The summed E-state index contributed by atoms with van der Waals surface area (Å²) in [7, 11) is 0. The topological polar surface area (TPSA) is 25.2 Å². The van der Waals surface area contributed by atoms with Gasteiger partial charge in [-0.2, -0.15) is 26.3 Å². The van der Waals surface area contributed by atoms with Crippen LogP contribution in [-0.2, 0) is 17.1 Å². The Morgan fingerprint density at radius 1 is 0.966 bits per heavy atom. The first-order valence-electron chi connectivity index (χ1n) is 8.08. The van der Waals surface area contributed by atoms with Gasteiger partial charge in [-0.15, -0.1) is 0 Å². The van der Waals surface area contributed by atoms with Crippen LogP contribution >= 0.6 is 0 Å². The molecule has 156 valence electrons. The van der Waals surface area contributed by atoms with Crippen molar-refractivity contribution in [2.75, 3.05) is 13.1 Å². The average Bonchev–Trinajstić information content (AvgIpc) is 3.04. The van der Waals surface area contributed by atoms with E-state index in [9.17, 15) is 39.9 Å². The summed E-state index contributed by atoms with van der Waals surface area (Å²) in [5.41, 5.74) is -3.36. The Hall–Kier alpha value is -2.85. The smallest absolute Gasteiger partial charge is 0.327 e. The molecule has 1 amide bonds. The molecule has 0 bridgehead atoms. The molecule has 1 fully saturated rings. The second kappa shape index (κ2) is 6.89. The maximum absolute atomic E-state index is 13.0. The van der Waals surface area contributed by atoms with Crippen LogP contribution < -0.4 is 0 Å². The summed E-state index contributed by atoms with van der Waals surface area (Å²) in [5.74, 6) is -3.72. The minimum atomic E-state index is -5.00. The molecule has 1 aromatic heterocycles. The Bertz CT molecular complexity index is 915. The van der Waals surface area contributed by atoms with Gasteiger partial charge in [0.25, 0.3) is 5.92 Å². The molecule has 29 heavy (non-hydrogen) atoms. The number of alkyl halides is 8. The number of aromatic nitrogens is 1. The lowest BCUT2D eigenvalue weighted by molar-refractivity contribution is -0.160. The van der Waals surface area contributed by atoms with E-state index < -0.39 is 48.4 Å². The zero-order valence-corrected chi connectivity index (χ0v) is 14.4. The van der Waals surface area contributed by atoms with Gasteiger partial charge in [-0.05, 0) is 35.9 Å². The second-order valence-corrected chi connectivity index (χ2v) is 6.46. The molecule has 2 aromatic rings. The molecule has 1 saturated heterocycles. The lowest BCUT2D eigenvalue weighted by Gasteiger charge is -2.37. The molecule has 0 atom stereocenters. The number of hydrogen-bond acceptors (Lipinski definition) is 1. The van der Waals surface area contributed by atoms with E-state index in [0.717, 1.165) is 21.7 Å². The first-order valence-corrected chi connectivity index (χ1v) is 8.08. The fraction of sp³-hybridized carbons (Fsp3) is 0.278. The van der Waals surface area contributed by atoms with Crippen LogP contribution in [0.15, 0.2) is 42.6 Å². The van der Waals surface area contributed by atoms with Crippen LogP contribution in [0, 0.1) is 0 Å². The third-order valence-corrected chi connectivity index (χ3v) is 4.20. The van der Waals surface area contributed by atoms with E-state index in [1.54, 1.807) is 0 Å². The maximum Gasteiger partial charge on any atom is 0.416 e. The molecule has 0 radical (unpaired) electrons. The van der Waals surface area contributed by atoms with Gasteiger partial charge in [-0.3, -0.25) is 4.79 Å². The summed E-state index contributed by atoms with van der Waals surface area (Å²) in [6.45, 7) is -1.51. The molecule has 0 N–H and O–H groups in total. The minimum absolute atomic E-state index is 0.0141. The molecule has 1 aliphatic heterocycles. The molecular weight excluding hydrogens is 412 g/mol. The number of carbonyl (C=O) groups is 1. The number of rotatable bonds is 3. The molecule has 1 aliphatic rings. The van der Waals surface area contributed by atoms with Gasteiger partial charge < -0.3 is 9.47 Å². The van der Waals surface area contributed by atoms with Crippen molar-refractivity contribution in [3.05, 3.63) is 53.7 Å². The van der Waals surface area contributed by atoms with E-state index in [1.807, 2.05) is 0 Å². The number of amides is 1. The third-order valence-electron chi connectivity index (χ3n) is 4.20. The van der Waals surface area contributed by atoms with Crippen molar-refractivity contribution in [2.45, 2.75) is 18.3 Å². The van der Waals surface area contributed by atoms with Gasteiger partial charge in [-0.25, -0.2) is 8.78 Å². The zero-order chi connectivity index (χ0) is 21.6. The SMILES string of the molecule is O=C(/C=C\n1cccc1-c1cc(C(F)(F)F)cc(C(F)(F)F)c1)N1CC(F)(F)C1. The van der Waals surface area contributed by atoms with Crippen LogP contribution in [0.25, 0.3) is 17.5 Å². The molecule has 0 aliphatic carbocycles. The maximum atomic E-state index is 13.0. The molecule has 3 nitrogen and oxygen atoms in total. The monoisotopic (exact) mass is 424 g/mol. The Kier molecular flexibility index (Phi) is 4.96. The summed E-state index contributed by atoms with van der Waals surface area (Å²) in [6, 6.07) is 3.76. The molecule has 0 saturated carbocycles. The number of carbonyl (C=O) groups excluding carboxylic acids is 1. The standard InChI is InChI=1S/C18H12F8N2O/c19-16(20)9-28(10-16)15(29)3-5-27-4-1-2-14(27)11-6-12(17(21,22)23)8-13(7-11)18(24,25)26/h1-8H,9-10H2/b5-3-. The fourth-order valence-electron chi connectivity index (χ4n) is 2.79. The van der Waals surface area contributed by atoms with E-state index in [1.165, 1.54) is 18.3 Å². The van der Waals surface area contributed by atoms with Crippen molar-refractivity contribution in [3.8, 4) is 11.3 Å². The van der Waals surface area contributed by atoms with Crippen LogP contribution in [0.4, 0.5) is 35.1 Å². The predicted molar refractivity (Wildman–Crippen MR) is 86.7 cm³/mol. The predicted octanol–water partition coefficient (Wildman–Crippen LogP) is 5.14. The Balaban J connectivity index is 1.93. The molecule has 3 rings (SSSR count). The molecule has 11 heteroatoms. The molecule has 0 unspecified atom stereocenters. The van der Waals surface area contributed by atoms with Crippen LogP contribution in [0.2, 0.25) is 0 Å². The summed E-state index contributed by atoms with van der Waals surface area (Å²) < 4.78 is 105. The number of hydrogen-bond donors (Lipinski definition) is 0. The highest BCUT2D eigenvalue weighted by Gasteiger charge is 2.45. The first kappa shape index (κ1) is 20.9. The lowest BCUT2D eigenvalue weighted by Crippen LogP contribution is -2.58. The van der Waals surface area contributed by atoms with E-state index in [2.05, 4.69) is 0 Å². The van der Waals surface area contributed by atoms with Crippen LogP contribution in [-0.4, -0.2) is 34.4 Å². The Labute approximate surface area is 158 Å².